The fourth-order valence-electron chi connectivity index (χ4n) is 6.18. The molecule has 2 heterocycles. The summed E-state index contributed by atoms with van der Waals surface area (Å²) in [5, 5.41) is 9.01. The number of carbonyl (C=O) groups is 2. The maximum atomic E-state index is 13.3. The van der Waals surface area contributed by atoms with E-state index in [-0.39, 0.29) is 11.6 Å². The molecule has 1 fully saturated rings. The van der Waals surface area contributed by atoms with E-state index in [1.807, 2.05) is 113 Å². The summed E-state index contributed by atoms with van der Waals surface area (Å²) in [6, 6.07) is 25.7. The predicted molar refractivity (Wildman–Crippen MR) is 202 cm³/mol. The van der Waals surface area contributed by atoms with Crippen molar-refractivity contribution < 1.29 is 42.8 Å². The number of rotatable bonds is 15. The predicted octanol–water partition coefficient (Wildman–Crippen LogP) is 5.63. The molecule has 13 nitrogen and oxygen atoms in total. The van der Waals surface area contributed by atoms with Crippen LogP contribution in [0.3, 0.4) is 0 Å². The van der Waals surface area contributed by atoms with Gasteiger partial charge in [-0.2, -0.15) is 0 Å². The summed E-state index contributed by atoms with van der Waals surface area (Å²) in [7, 11) is 0.484. The molecule has 3 aromatic carbocycles. The second-order valence-corrected chi connectivity index (χ2v) is 19.3. The molecule has 5 rings (SSSR count). The quantitative estimate of drug-likeness (QED) is 0.0877. The number of aromatic nitrogens is 2. The Morgan fingerprint density at radius 3 is 1.87 bits per heavy atom. The highest BCUT2D eigenvalue weighted by molar-refractivity contribution is 6.74. The van der Waals surface area contributed by atoms with Crippen LogP contribution in [-0.4, -0.2) is 74.1 Å². The Bertz CT molecular complexity index is 1960. The maximum absolute atomic E-state index is 13.3. The van der Waals surface area contributed by atoms with Gasteiger partial charge in [0.2, 0.25) is 0 Å². The van der Waals surface area contributed by atoms with Gasteiger partial charge in [0.15, 0.2) is 20.6 Å². The highest BCUT2D eigenvalue weighted by Gasteiger charge is 2.54. The largest absolute Gasteiger partial charge is 0.497 e. The second-order valence-electron chi connectivity index (χ2n) is 14.6. The fraction of sp³-hybridized carbons (Fsp3) is 0.400. The number of H-pyrrole nitrogens is 1. The van der Waals surface area contributed by atoms with E-state index < -0.39 is 74.5 Å². The van der Waals surface area contributed by atoms with Gasteiger partial charge < -0.3 is 33.2 Å². The van der Waals surface area contributed by atoms with Crippen molar-refractivity contribution in [3.8, 4) is 11.5 Å². The molecule has 1 aromatic heterocycles. The van der Waals surface area contributed by atoms with E-state index in [0.717, 1.165) is 16.7 Å². The van der Waals surface area contributed by atoms with E-state index in [9.17, 15) is 24.3 Å². The molecule has 4 atom stereocenters. The van der Waals surface area contributed by atoms with Crippen molar-refractivity contribution in [1.29, 1.82) is 0 Å². The minimum atomic E-state index is -2.68. The van der Waals surface area contributed by atoms with E-state index in [0.29, 0.717) is 11.5 Å². The van der Waals surface area contributed by atoms with E-state index >= 15 is 0 Å². The van der Waals surface area contributed by atoms with Crippen molar-refractivity contribution in [3.63, 3.8) is 0 Å². The molecule has 2 N–H and O–H groups in total. The molecule has 288 valence electrons. The summed E-state index contributed by atoms with van der Waals surface area (Å²) in [6.07, 6.45) is -3.96. The molecular weight excluding hydrogens is 713 g/mol. The smallest absolute Gasteiger partial charge is 0.330 e. The van der Waals surface area contributed by atoms with Gasteiger partial charge in [0.25, 0.3) is 5.56 Å². The Kier molecular flexibility index (Phi) is 12.3. The Hall–Kier alpha value is -5.02. The first kappa shape index (κ1) is 40.2. The third-order valence-corrected chi connectivity index (χ3v) is 14.6. The summed E-state index contributed by atoms with van der Waals surface area (Å²) in [5.74, 6) is -0.660. The van der Waals surface area contributed by atoms with Gasteiger partial charge in [-0.25, -0.2) is 4.79 Å². The van der Waals surface area contributed by atoms with Gasteiger partial charge in [-0.15, -0.1) is 0 Å². The molecule has 0 radical (unpaired) electrons. The lowest BCUT2D eigenvalue weighted by Gasteiger charge is -2.40. The average molecular weight is 761 g/mol. The van der Waals surface area contributed by atoms with E-state index in [1.54, 1.807) is 14.2 Å². The molecule has 1 aliphatic rings. The topological polar surface area (TPSA) is 165 Å². The highest BCUT2D eigenvalue weighted by atomic mass is 28.4. The number of aliphatic carboxylic acids is 1. The number of carboxylic acids is 1. The van der Waals surface area contributed by atoms with E-state index in [1.165, 1.54) is 16.8 Å². The second kappa shape index (κ2) is 16.6. The Morgan fingerprint density at radius 1 is 0.815 bits per heavy atom. The summed E-state index contributed by atoms with van der Waals surface area (Å²) >= 11 is 0. The first-order valence-electron chi connectivity index (χ1n) is 17.6. The highest BCUT2D eigenvalue weighted by Crippen LogP contribution is 2.45. The minimum absolute atomic E-state index is 0.199. The van der Waals surface area contributed by atoms with Gasteiger partial charge in [0.1, 0.15) is 29.3 Å². The monoisotopic (exact) mass is 760 g/mol. The van der Waals surface area contributed by atoms with E-state index in [2.05, 4.69) is 4.98 Å². The van der Waals surface area contributed by atoms with Crippen molar-refractivity contribution in [3.05, 3.63) is 129 Å². The molecule has 0 bridgehead atoms. The number of nitrogens with zero attached hydrogens (tertiary/aromatic N) is 1. The van der Waals surface area contributed by atoms with Crippen LogP contribution in [0.2, 0.25) is 18.1 Å². The lowest BCUT2D eigenvalue weighted by Crippen LogP contribution is -2.51. The Balaban J connectivity index is 1.67. The molecule has 0 spiro atoms. The molecule has 14 heteroatoms. The molecule has 1 saturated heterocycles. The van der Waals surface area contributed by atoms with Gasteiger partial charge in [-0.05, 0) is 59.1 Å². The summed E-state index contributed by atoms with van der Waals surface area (Å²) in [4.78, 5) is 52.4. The zero-order valence-electron chi connectivity index (χ0n) is 31.6. The normalized spacial score (nSPS) is 18.9. The maximum Gasteiger partial charge on any atom is 0.330 e. The molecule has 54 heavy (non-hydrogen) atoms. The van der Waals surface area contributed by atoms with Gasteiger partial charge in [0, 0.05) is 12.3 Å². The number of methoxy groups -OCH3 is 2. The number of aromatic amines is 1. The number of carbonyl (C=O) groups excluding carboxylic acids is 1. The molecule has 0 saturated carbocycles. The summed E-state index contributed by atoms with van der Waals surface area (Å²) in [6.45, 7) is 9.96. The van der Waals surface area contributed by atoms with Crippen LogP contribution >= 0.6 is 0 Å². The molecule has 1 aliphatic heterocycles. The number of carboxylic acid groups (broad SMARTS) is 1. The van der Waals surface area contributed by atoms with Crippen LogP contribution in [-0.2, 0) is 33.8 Å². The third kappa shape index (κ3) is 8.68. The Morgan fingerprint density at radius 2 is 1.37 bits per heavy atom. The fourth-order valence-corrected chi connectivity index (χ4v) is 7.46. The lowest BCUT2D eigenvalue weighted by molar-refractivity contribution is -0.160. The molecule has 4 aromatic rings. The average Bonchev–Trinajstić information content (AvgIpc) is 3.46. The Labute approximate surface area is 314 Å². The van der Waals surface area contributed by atoms with Crippen LogP contribution in [0.25, 0.3) is 0 Å². The minimum Gasteiger partial charge on any atom is -0.497 e. The first-order chi connectivity index (χ1) is 25.6. The zero-order chi connectivity index (χ0) is 39.3. The summed E-state index contributed by atoms with van der Waals surface area (Å²) in [5.41, 5.74) is -0.353. The third-order valence-electron chi connectivity index (χ3n) is 10.1. The van der Waals surface area contributed by atoms with Gasteiger partial charge >= 0.3 is 17.6 Å². The number of esters is 1. The van der Waals surface area contributed by atoms with Crippen molar-refractivity contribution >= 4 is 20.3 Å². The van der Waals surface area contributed by atoms with Crippen LogP contribution in [0.1, 0.15) is 56.5 Å². The molecule has 0 amide bonds. The van der Waals surface area contributed by atoms with Crippen LogP contribution in [0, 0.1) is 0 Å². The van der Waals surface area contributed by atoms with Crippen LogP contribution in [0.4, 0.5) is 0 Å². The number of hydrogen-bond donors (Lipinski definition) is 2. The van der Waals surface area contributed by atoms with Crippen molar-refractivity contribution in [1.82, 2.24) is 9.55 Å². The zero-order valence-corrected chi connectivity index (χ0v) is 32.6. The molecular formula is C40H48N2O11Si. The van der Waals surface area contributed by atoms with Crippen molar-refractivity contribution in [2.75, 3.05) is 20.8 Å². The standard InChI is InChI=1S/C40H48N2O11Si/c1-39(2,3)54(6,7)53-36-35(52-34(46)22-21-33(44)45)31(51-37(36)42-24-23-32(43)41-38(42)47)25-50-40(26-11-9-8-10-12-26,27-13-17-29(48-4)18-14-27)28-15-19-30(49-5)20-16-28/h8-20,23-24,31,35-37H,21-22,25H2,1-7H3,(H,44,45)(H,41,43,47)/t31-,35-,36-,37-/m1/s1. The SMILES string of the molecule is COc1ccc(C(OC[C@H]2O[C@@H](n3ccc(=O)[nH]c3=O)[C@H](O[Si](C)(C)C(C)(C)C)[C@@H]2OC(=O)CCC(=O)O)(c2ccccc2)c2ccc(OC)cc2)cc1. The molecule has 0 aliphatic carbocycles. The first-order valence-corrected chi connectivity index (χ1v) is 20.5. The van der Waals surface area contributed by atoms with Gasteiger partial charge in [-0.1, -0.05) is 75.4 Å². The van der Waals surface area contributed by atoms with Crippen molar-refractivity contribution in [2.45, 2.75) is 81.9 Å². The van der Waals surface area contributed by atoms with Crippen molar-refractivity contribution in [2.24, 2.45) is 0 Å². The van der Waals surface area contributed by atoms with Crippen LogP contribution in [0.5, 0.6) is 11.5 Å². The van der Waals surface area contributed by atoms with Gasteiger partial charge in [0.05, 0.1) is 33.7 Å². The number of ether oxygens (including phenoxy) is 5. The van der Waals surface area contributed by atoms with Crippen LogP contribution < -0.4 is 20.7 Å². The number of hydrogen-bond acceptors (Lipinski definition) is 10. The lowest BCUT2D eigenvalue weighted by atomic mass is 9.80. The summed E-state index contributed by atoms with van der Waals surface area (Å²) < 4.78 is 38.9. The van der Waals surface area contributed by atoms with Gasteiger partial charge in [-0.3, -0.25) is 23.9 Å². The molecule has 0 unspecified atom stereocenters. The van der Waals surface area contributed by atoms with E-state index in [4.69, 9.17) is 28.1 Å². The van der Waals surface area contributed by atoms with Crippen LogP contribution in [0.15, 0.2) is 101 Å². The number of nitrogens with one attached hydrogen (secondary N) is 1. The number of benzene rings is 3.